The molecule has 120 valence electrons. The molecular weight excluding hydrogens is 286 g/mol. The molecule has 2 rings (SSSR count). The number of nitrogens with one attached hydrogen (secondary N) is 3. The van der Waals surface area contributed by atoms with E-state index in [1.807, 2.05) is 0 Å². The quantitative estimate of drug-likeness (QED) is 0.685. The van der Waals surface area contributed by atoms with Crippen LogP contribution in [0.25, 0.3) is 0 Å². The number of anilines is 2. The van der Waals surface area contributed by atoms with Gasteiger partial charge in [0.15, 0.2) is 6.54 Å². The van der Waals surface area contributed by atoms with E-state index in [1.165, 1.54) is 18.9 Å². The Morgan fingerprint density at radius 3 is 2.64 bits per heavy atom. The lowest BCUT2D eigenvalue weighted by atomic mass is 10.2. The number of benzene rings is 1. The zero-order valence-electron chi connectivity index (χ0n) is 12.9. The minimum Gasteiger partial charge on any atom is -0.495 e. The second-order valence-electron chi connectivity index (χ2n) is 5.18. The minimum absolute atomic E-state index is 0.0878. The van der Waals surface area contributed by atoms with Gasteiger partial charge in [0.25, 0.3) is 5.91 Å². The van der Waals surface area contributed by atoms with E-state index in [1.54, 1.807) is 18.2 Å². The number of carbonyl (C=O) groups is 2. The molecular formula is C15H22N3O4+. The number of methoxy groups -OCH3 is 1. The molecule has 0 saturated carbocycles. The Kier molecular flexibility index (Phi) is 5.74. The molecule has 1 aromatic rings. The summed E-state index contributed by atoms with van der Waals surface area (Å²) in [6.07, 6.45) is 0. The summed E-state index contributed by atoms with van der Waals surface area (Å²) in [7, 11) is 1.54. The van der Waals surface area contributed by atoms with Crippen LogP contribution in [0, 0.1) is 0 Å². The first-order valence-corrected chi connectivity index (χ1v) is 7.25. The number of amides is 2. The highest BCUT2D eigenvalue weighted by Gasteiger charge is 2.18. The fourth-order valence-electron chi connectivity index (χ4n) is 2.34. The predicted octanol–water partition coefficient (Wildman–Crippen LogP) is -0.493. The van der Waals surface area contributed by atoms with Crippen molar-refractivity contribution in [3.63, 3.8) is 0 Å². The van der Waals surface area contributed by atoms with E-state index in [2.05, 4.69) is 10.6 Å². The van der Waals surface area contributed by atoms with Crippen molar-refractivity contribution in [2.45, 2.75) is 6.92 Å². The van der Waals surface area contributed by atoms with Crippen LogP contribution in [0.15, 0.2) is 18.2 Å². The van der Waals surface area contributed by atoms with Gasteiger partial charge in [0, 0.05) is 12.6 Å². The van der Waals surface area contributed by atoms with Crippen molar-refractivity contribution >= 4 is 23.2 Å². The van der Waals surface area contributed by atoms with E-state index in [0.717, 1.165) is 13.1 Å². The van der Waals surface area contributed by atoms with E-state index in [-0.39, 0.29) is 11.8 Å². The SMILES string of the molecule is COc1ccc(NC(C)=O)cc1NC(=O)C[NH+]1CCOCC1. The van der Waals surface area contributed by atoms with Gasteiger partial charge in [-0.1, -0.05) is 0 Å². The fourth-order valence-corrected chi connectivity index (χ4v) is 2.34. The number of hydrogen-bond donors (Lipinski definition) is 3. The molecule has 0 atom stereocenters. The normalized spacial score (nSPS) is 15.2. The second kappa shape index (κ2) is 7.77. The topological polar surface area (TPSA) is 81.1 Å². The first kappa shape index (κ1) is 16.3. The largest absolute Gasteiger partial charge is 0.495 e. The summed E-state index contributed by atoms with van der Waals surface area (Å²) in [6.45, 7) is 4.85. The maximum absolute atomic E-state index is 12.2. The monoisotopic (exact) mass is 308 g/mol. The van der Waals surface area contributed by atoms with Gasteiger partial charge in [-0.25, -0.2) is 0 Å². The molecule has 1 aliphatic rings. The molecule has 0 aromatic heterocycles. The summed E-state index contributed by atoms with van der Waals surface area (Å²) in [6, 6.07) is 5.12. The molecule has 1 aliphatic heterocycles. The van der Waals surface area contributed by atoms with Crippen LogP contribution in [0.4, 0.5) is 11.4 Å². The van der Waals surface area contributed by atoms with Crippen molar-refractivity contribution in [2.75, 3.05) is 50.6 Å². The van der Waals surface area contributed by atoms with E-state index < -0.39 is 0 Å². The standard InChI is InChI=1S/C15H21N3O4/c1-11(19)16-12-3-4-14(21-2)13(9-12)17-15(20)10-18-5-7-22-8-6-18/h3-4,9H,5-8,10H2,1-2H3,(H,16,19)(H,17,20)/p+1. The van der Waals surface area contributed by atoms with Gasteiger partial charge in [0.05, 0.1) is 26.0 Å². The number of quaternary nitrogens is 1. The minimum atomic E-state index is -0.166. The van der Waals surface area contributed by atoms with Crippen molar-refractivity contribution < 1.29 is 24.0 Å². The van der Waals surface area contributed by atoms with Gasteiger partial charge < -0.3 is 25.0 Å². The zero-order chi connectivity index (χ0) is 15.9. The number of morpholine rings is 1. The van der Waals surface area contributed by atoms with Crippen molar-refractivity contribution in [1.29, 1.82) is 0 Å². The molecule has 22 heavy (non-hydrogen) atoms. The van der Waals surface area contributed by atoms with Gasteiger partial charge in [-0.15, -0.1) is 0 Å². The summed E-state index contributed by atoms with van der Waals surface area (Å²) < 4.78 is 10.5. The molecule has 0 unspecified atom stereocenters. The van der Waals surface area contributed by atoms with Gasteiger partial charge in [0.2, 0.25) is 5.91 Å². The second-order valence-corrected chi connectivity index (χ2v) is 5.18. The van der Waals surface area contributed by atoms with Gasteiger partial charge in [-0.3, -0.25) is 9.59 Å². The first-order chi connectivity index (χ1) is 10.6. The van der Waals surface area contributed by atoms with Gasteiger partial charge in [-0.05, 0) is 18.2 Å². The molecule has 1 aromatic carbocycles. The van der Waals surface area contributed by atoms with Gasteiger partial charge in [-0.2, -0.15) is 0 Å². The number of hydrogen-bond acceptors (Lipinski definition) is 4. The smallest absolute Gasteiger partial charge is 0.279 e. The van der Waals surface area contributed by atoms with Crippen LogP contribution in [0.3, 0.4) is 0 Å². The van der Waals surface area contributed by atoms with Crippen LogP contribution in [0.2, 0.25) is 0 Å². The number of rotatable bonds is 5. The highest BCUT2D eigenvalue weighted by molar-refractivity contribution is 5.95. The molecule has 3 N–H and O–H groups in total. The molecule has 0 radical (unpaired) electrons. The van der Waals surface area contributed by atoms with Crippen LogP contribution in [-0.4, -0.2) is 51.8 Å². The molecule has 7 nitrogen and oxygen atoms in total. The van der Waals surface area contributed by atoms with Gasteiger partial charge in [0.1, 0.15) is 18.8 Å². The summed E-state index contributed by atoms with van der Waals surface area (Å²) in [5.74, 6) is 0.301. The fraction of sp³-hybridized carbons (Fsp3) is 0.467. The molecule has 0 bridgehead atoms. The Balaban J connectivity index is 2.02. The molecule has 1 fully saturated rings. The Labute approximate surface area is 129 Å². The highest BCUT2D eigenvalue weighted by atomic mass is 16.5. The lowest BCUT2D eigenvalue weighted by Gasteiger charge is -2.23. The Hall–Kier alpha value is -2.12. The third-order valence-electron chi connectivity index (χ3n) is 3.40. The van der Waals surface area contributed by atoms with Crippen LogP contribution in [0.5, 0.6) is 5.75 Å². The zero-order valence-corrected chi connectivity index (χ0v) is 12.9. The van der Waals surface area contributed by atoms with E-state index in [9.17, 15) is 9.59 Å². The Bertz CT molecular complexity index is 542. The summed E-state index contributed by atoms with van der Waals surface area (Å²) >= 11 is 0. The van der Waals surface area contributed by atoms with Crippen molar-refractivity contribution in [3.8, 4) is 5.75 Å². The highest BCUT2D eigenvalue weighted by Crippen LogP contribution is 2.27. The number of ether oxygens (including phenoxy) is 2. The third kappa shape index (κ3) is 4.71. The van der Waals surface area contributed by atoms with Gasteiger partial charge >= 0.3 is 0 Å². The van der Waals surface area contributed by atoms with E-state index >= 15 is 0 Å². The molecule has 0 spiro atoms. The van der Waals surface area contributed by atoms with Crippen LogP contribution in [-0.2, 0) is 14.3 Å². The average molecular weight is 308 g/mol. The summed E-state index contributed by atoms with van der Waals surface area (Å²) in [5.41, 5.74) is 1.16. The first-order valence-electron chi connectivity index (χ1n) is 7.25. The Morgan fingerprint density at radius 2 is 2.00 bits per heavy atom. The Morgan fingerprint density at radius 1 is 1.27 bits per heavy atom. The number of carbonyl (C=O) groups excluding carboxylic acids is 2. The molecule has 1 saturated heterocycles. The molecule has 0 aliphatic carbocycles. The van der Waals surface area contributed by atoms with Crippen molar-refractivity contribution in [2.24, 2.45) is 0 Å². The van der Waals surface area contributed by atoms with Crippen LogP contribution in [0.1, 0.15) is 6.92 Å². The maximum Gasteiger partial charge on any atom is 0.279 e. The maximum atomic E-state index is 12.2. The molecule has 2 amide bonds. The van der Waals surface area contributed by atoms with Crippen molar-refractivity contribution in [1.82, 2.24) is 0 Å². The molecule has 1 heterocycles. The lowest BCUT2D eigenvalue weighted by Crippen LogP contribution is -3.15. The average Bonchev–Trinajstić information content (AvgIpc) is 2.48. The van der Waals surface area contributed by atoms with Crippen LogP contribution >= 0.6 is 0 Å². The lowest BCUT2D eigenvalue weighted by molar-refractivity contribution is -0.899. The van der Waals surface area contributed by atoms with E-state index in [0.29, 0.717) is 36.9 Å². The predicted molar refractivity (Wildman–Crippen MR) is 82.3 cm³/mol. The summed E-state index contributed by atoms with van der Waals surface area (Å²) in [4.78, 5) is 24.5. The molecule has 7 heteroatoms. The summed E-state index contributed by atoms with van der Waals surface area (Å²) in [5, 5.41) is 5.53. The van der Waals surface area contributed by atoms with Crippen molar-refractivity contribution in [3.05, 3.63) is 18.2 Å². The third-order valence-corrected chi connectivity index (χ3v) is 3.40. The van der Waals surface area contributed by atoms with E-state index in [4.69, 9.17) is 9.47 Å². The van der Waals surface area contributed by atoms with Crippen LogP contribution < -0.4 is 20.3 Å².